The fourth-order valence-corrected chi connectivity index (χ4v) is 3.06. The lowest BCUT2D eigenvalue weighted by molar-refractivity contribution is -0.148. The van der Waals surface area contributed by atoms with Crippen LogP contribution in [0.5, 0.6) is 11.5 Å². The molecular weight excluding hydrogens is 332 g/mol. The van der Waals surface area contributed by atoms with Gasteiger partial charge in [-0.2, -0.15) is 0 Å². The maximum absolute atomic E-state index is 12.5. The van der Waals surface area contributed by atoms with Gasteiger partial charge in [0, 0.05) is 5.56 Å². The Balaban J connectivity index is 1.52. The zero-order valence-corrected chi connectivity index (χ0v) is 15.0. The van der Waals surface area contributed by atoms with Crippen molar-refractivity contribution in [2.45, 2.75) is 32.3 Å². The standard InChI is InChI=1S/C21H22O5/c1-14(21(23)17-7-6-15-4-3-5-16(15)12-17)26-20(22)13-25-19-10-8-18(24-2)9-11-19/h6-12,14H,3-5,13H2,1-2H3/t14-/m0/s1. The predicted molar refractivity (Wildman–Crippen MR) is 96.8 cm³/mol. The van der Waals surface area contributed by atoms with Crippen LogP contribution in [0, 0.1) is 0 Å². The van der Waals surface area contributed by atoms with Crippen molar-refractivity contribution in [1.82, 2.24) is 0 Å². The Bertz CT molecular complexity index is 795. The van der Waals surface area contributed by atoms with Gasteiger partial charge in [0.25, 0.3) is 0 Å². The zero-order valence-electron chi connectivity index (χ0n) is 15.0. The largest absolute Gasteiger partial charge is 0.497 e. The molecule has 26 heavy (non-hydrogen) atoms. The molecule has 0 radical (unpaired) electrons. The van der Waals surface area contributed by atoms with E-state index in [1.165, 1.54) is 11.1 Å². The molecule has 0 aromatic heterocycles. The molecule has 0 saturated carbocycles. The highest BCUT2D eigenvalue weighted by Gasteiger charge is 2.21. The third kappa shape index (κ3) is 4.23. The number of fused-ring (bicyclic) bond motifs is 1. The quantitative estimate of drug-likeness (QED) is 0.563. The third-order valence-electron chi connectivity index (χ3n) is 4.48. The lowest BCUT2D eigenvalue weighted by Gasteiger charge is -2.13. The topological polar surface area (TPSA) is 61.8 Å². The maximum Gasteiger partial charge on any atom is 0.344 e. The minimum Gasteiger partial charge on any atom is -0.497 e. The molecule has 0 N–H and O–H groups in total. The number of methoxy groups -OCH3 is 1. The lowest BCUT2D eigenvalue weighted by atomic mass is 10.0. The maximum atomic E-state index is 12.5. The van der Waals surface area contributed by atoms with Gasteiger partial charge < -0.3 is 14.2 Å². The van der Waals surface area contributed by atoms with E-state index in [0.717, 1.165) is 19.3 Å². The first-order chi connectivity index (χ1) is 12.6. The summed E-state index contributed by atoms with van der Waals surface area (Å²) in [5.41, 5.74) is 3.11. The second-order valence-electron chi connectivity index (χ2n) is 6.30. The van der Waals surface area contributed by atoms with Crippen molar-refractivity contribution >= 4 is 11.8 Å². The molecule has 1 aliphatic rings. The zero-order chi connectivity index (χ0) is 18.5. The van der Waals surface area contributed by atoms with Crippen LogP contribution in [0.2, 0.25) is 0 Å². The van der Waals surface area contributed by atoms with Crippen LogP contribution in [-0.2, 0) is 22.4 Å². The number of Topliss-reactive ketones (excluding diaryl/α,β-unsaturated/α-hetero) is 1. The average Bonchev–Trinajstić information content (AvgIpc) is 3.13. The number of carbonyl (C=O) groups excluding carboxylic acids is 2. The molecule has 0 spiro atoms. The second kappa shape index (κ2) is 8.04. The summed E-state index contributed by atoms with van der Waals surface area (Å²) in [6, 6.07) is 12.6. The van der Waals surface area contributed by atoms with E-state index in [2.05, 4.69) is 0 Å². The molecule has 136 valence electrons. The first-order valence-corrected chi connectivity index (χ1v) is 8.69. The van der Waals surface area contributed by atoms with Gasteiger partial charge in [-0.3, -0.25) is 4.79 Å². The van der Waals surface area contributed by atoms with Gasteiger partial charge in [-0.15, -0.1) is 0 Å². The molecule has 0 bridgehead atoms. The van der Waals surface area contributed by atoms with Crippen molar-refractivity contribution < 1.29 is 23.8 Å². The molecule has 2 aromatic rings. The van der Waals surface area contributed by atoms with Crippen molar-refractivity contribution in [3.63, 3.8) is 0 Å². The summed E-state index contributed by atoms with van der Waals surface area (Å²) in [6.45, 7) is 1.33. The van der Waals surface area contributed by atoms with Gasteiger partial charge >= 0.3 is 5.97 Å². The van der Waals surface area contributed by atoms with Gasteiger partial charge in [-0.1, -0.05) is 12.1 Å². The number of hydrogen-bond acceptors (Lipinski definition) is 5. The number of ketones is 1. The number of aryl methyl sites for hydroxylation is 2. The predicted octanol–water partition coefficient (Wildman–Crippen LogP) is 3.38. The van der Waals surface area contributed by atoms with E-state index in [-0.39, 0.29) is 12.4 Å². The van der Waals surface area contributed by atoms with Gasteiger partial charge in [0.15, 0.2) is 12.7 Å². The molecule has 5 nitrogen and oxygen atoms in total. The molecule has 2 aromatic carbocycles. The highest BCUT2D eigenvalue weighted by Crippen LogP contribution is 2.23. The normalized spacial score (nSPS) is 13.6. The van der Waals surface area contributed by atoms with Gasteiger partial charge in [-0.25, -0.2) is 4.79 Å². The molecule has 0 fully saturated rings. The minimum atomic E-state index is -0.846. The molecule has 0 saturated heterocycles. The molecule has 1 aliphatic carbocycles. The van der Waals surface area contributed by atoms with Gasteiger partial charge in [0.2, 0.25) is 5.78 Å². The third-order valence-corrected chi connectivity index (χ3v) is 4.48. The Hall–Kier alpha value is -2.82. The summed E-state index contributed by atoms with van der Waals surface area (Å²) in [5.74, 6) is 0.453. The van der Waals surface area contributed by atoms with Crippen LogP contribution in [0.4, 0.5) is 0 Å². The van der Waals surface area contributed by atoms with E-state index in [0.29, 0.717) is 17.1 Å². The first-order valence-electron chi connectivity index (χ1n) is 8.69. The Kier molecular flexibility index (Phi) is 5.56. The Labute approximate surface area is 152 Å². The van der Waals surface area contributed by atoms with Crippen molar-refractivity contribution in [1.29, 1.82) is 0 Å². The lowest BCUT2D eigenvalue weighted by Crippen LogP contribution is -2.27. The molecule has 0 unspecified atom stereocenters. The summed E-state index contributed by atoms with van der Waals surface area (Å²) < 4.78 is 15.6. The molecule has 0 heterocycles. The van der Waals surface area contributed by atoms with E-state index in [9.17, 15) is 9.59 Å². The van der Waals surface area contributed by atoms with Crippen molar-refractivity contribution in [3.05, 3.63) is 59.2 Å². The molecule has 5 heteroatoms. The van der Waals surface area contributed by atoms with E-state index in [1.54, 1.807) is 38.3 Å². The van der Waals surface area contributed by atoms with Gasteiger partial charge in [0.05, 0.1) is 7.11 Å². The summed E-state index contributed by atoms with van der Waals surface area (Å²) >= 11 is 0. The highest BCUT2D eigenvalue weighted by molar-refractivity contribution is 6.00. The molecule has 0 amide bonds. The van der Waals surface area contributed by atoms with Crippen molar-refractivity contribution in [2.75, 3.05) is 13.7 Å². The Morgan fingerprint density at radius 1 is 1.00 bits per heavy atom. The average molecular weight is 354 g/mol. The van der Waals surface area contributed by atoms with Crippen LogP contribution in [0.25, 0.3) is 0 Å². The number of benzene rings is 2. The van der Waals surface area contributed by atoms with Crippen LogP contribution in [0.1, 0.15) is 34.8 Å². The van der Waals surface area contributed by atoms with E-state index < -0.39 is 12.1 Å². The van der Waals surface area contributed by atoms with Crippen LogP contribution in [-0.4, -0.2) is 31.6 Å². The van der Waals surface area contributed by atoms with Gasteiger partial charge in [0.1, 0.15) is 11.5 Å². The fourth-order valence-electron chi connectivity index (χ4n) is 3.06. The highest BCUT2D eigenvalue weighted by atomic mass is 16.6. The minimum absolute atomic E-state index is 0.197. The summed E-state index contributed by atoms with van der Waals surface area (Å²) in [4.78, 5) is 24.4. The molecule has 3 rings (SSSR count). The SMILES string of the molecule is COc1ccc(OCC(=O)O[C@@H](C)C(=O)c2ccc3c(c2)CCC3)cc1. The van der Waals surface area contributed by atoms with Crippen LogP contribution < -0.4 is 9.47 Å². The summed E-state index contributed by atoms with van der Waals surface area (Å²) in [5, 5.41) is 0. The van der Waals surface area contributed by atoms with E-state index >= 15 is 0 Å². The van der Waals surface area contributed by atoms with Gasteiger partial charge in [-0.05, 0) is 67.6 Å². The van der Waals surface area contributed by atoms with E-state index in [1.807, 2.05) is 18.2 Å². The van der Waals surface area contributed by atoms with Crippen LogP contribution in [0.15, 0.2) is 42.5 Å². The van der Waals surface area contributed by atoms with Crippen molar-refractivity contribution in [3.8, 4) is 11.5 Å². The number of rotatable bonds is 7. The number of ether oxygens (including phenoxy) is 3. The number of carbonyl (C=O) groups is 2. The van der Waals surface area contributed by atoms with Crippen molar-refractivity contribution in [2.24, 2.45) is 0 Å². The molecule has 0 aliphatic heterocycles. The summed E-state index contributed by atoms with van der Waals surface area (Å²) in [6.07, 6.45) is 2.35. The van der Waals surface area contributed by atoms with Crippen LogP contribution >= 0.6 is 0 Å². The second-order valence-corrected chi connectivity index (χ2v) is 6.30. The number of hydrogen-bond donors (Lipinski definition) is 0. The monoisotopic (exact) mass is 354 g/mol. The van der Waals surface area contributed by atoms with E-state index in [4.69, 9.17) is 14.2 Å². The number of esters is 1. The van der Waals surface area contributed by atoms with Crippen LogP contribution in [0.3, 0.4) is 0 Å². The summed E-state index contributed by atoms with van der Waals surface area (Å²) in [7, 11) is 1.58. The first kappa shape index (κ1) is 18.0. The Morgan fingerprint density at radius 3 is 2.42 bits per heavy atom. The fraction of sp³-hybridized carbons (Fsp3) is 0.333. The Morgan fingerprint density at radius 2 is 1.69 bits per heavy atom. The molecule has 1 atom stereocenters. The smallest absolute Gasteiger partial charge is 0.344 e. The molecular formula is C21H22O5.